The average molecular weight is 147 g/mol. The Kier molecular flexibility index (Phi) is 2.38. The molecular formula is C6H13NOS. The monoisotopic (exact) mass is 147 g/mol. The third-order valence-corrected chi connectivity index (χ3v) is 2.46. The van der Waals surface area contributed by atoms with Gasteiger partial charge in [0, 0.05) is 11.3 Å². The first kappa shape index (κ1) is 7.38. The van der Waals surface area contributed by atoms with E-state index in [0.29, 0.717) is 6.04 Å². The summed E-state index contributed by atoms with van der Waals surface area (Å²) < 4.78 is 0. The fraction of sp³-hybridized carbons (Fsp3) is 1.00. The Hall–Kier alpha value is 0.270. The lowest BCUT2D eigenvalue weighted by molar-refractivity contribution is 0.185. The summed E-state index contributed by atoms with van der Waals surface area (Å²) in [5.74, 6) is 0. The Morgan fingerprint density at radius 1 is 1.56 bits per heavy atom. The molecule has 1 saturated carbocycles. The largest absolute Gasteiger partial charge is 0.392 e. The summed E-state index contributed by atoms with van der Waals surface area (Å²) >= 11 is 4.21. The minimum absolute atomic E-state index is 0.183. The average Bonchev–Trinajstić information content (AvgIpc) is 2.13. The van der Waals surface area contributed by atoms with Crippen molar-refractivity contribution < 1.29 is 5.11 Å². The molecule has 0 aliphatic heterocycles. The topological polar surface area (TPSA) is 32.3 Å². The van der Waals surface area contributed by atoms with Crippen molar-refractivity contribution in [1.82, 2.24) is 5.32 Å². The van der Waals surface area contributed by atoms with Crippen molar-refractivity contribution in [3.05, 3.63) is 0 Å². The molecule has 2 nitrogen and oxygen atoms in total. The highest BCUT2D eigenvalue weighted by molar-refractivity contribution is 7.81. The zero-order chi connectivity index (χ0) is 6.85. The Balaban J connectivity index is 2.35. The van der Waals surface area contributed by atoms with Crippen LogP contribution < -0.4 is 5.32 Å². The first-order chi connectivity index (χ1) is 4.24. The quantitative estimate of drug-likeness (QED) is 0.457. The van der Waals surface area contributed by atoms with Gasteiger partial charge in [-0.3, -0.25) is 0 Å². The predicted octanol–water partition coefficient (Wildman–Crippen LogP) is 0.0275. The van der Waals surface area contributed by atoms with E-state index in [0.717, 1.165) is 12.8 Å². The smallest absolute Gasteiger partial charge is 0.0671 e. The number of hydrogen-bond donors (Lipinski definition) is 3. The molecule has 1 fully saturated rings. The van der Waals surface area contributed by atoms with Crippen LogP contribution >= 0.6 is 12.6 Å². The first-order valence-corrected chi connectivity index (χ1v) is 3.79. The highest BCUT2D eigenvalue weighted by Gasteiger charge is 2.28. The molecule has 0 bridgehead atoms. The van der Waals surface area contributed by atoms with Crippen molar-refractivity contribution in [3.63, 3.8) is 0 Å². The molecule has 0 radical (unpaired) electrons. The Morgan fingerprint density at radius 3 is 2.44 bits per heavy atom. The number of aliphatic hydroxyl groups is 1. The fourth-order valence-corrected chi connectivity index (χ4v) is 1.61. The zero-order valence-electron chi connectivity index (χ0n) is 5.54. The van der Waals surface area contributed by atoms with Gasteiger partial charge in [-0.25, -0.2) is 0 Å². The van der Waals surface area contributed by atoms with E-state index in [-0.39, 0.29) is 11.4 Å². The van der Waals surface area contributed by atoms with E-state index in [4.69, 9.17) is 0 Å². The molecule has 1 rings (SSSR count). The van der Waals surface area contributed by atoms with Gasteiger partial charge in [0.2, 0.25) is 0 Å². The lowest BCUT2D eigenvalue weighted by atomic mass is 10.2. The van der Waals surface area contributed by atoms with Crippen LogP contribution in [0.25, 0.3) is 0 Å². The van der Waals surface area contributed by atoms with Crippen LogP contribution in [0.15, 0.2) is 0 Å². The molecule has 0 unspecified atom stereocenters. The second-order valence-corrected chi connectivity index (χ2v) is 3.25. The molecule has 0 spiro atoms. The summed E-state index contributed by atoms with van der Waals surface area (Å²) in [5, 5.41) is 12.5. The molecule has 3 atom stereocenters. The maximum absolute atomic E-state index is 9.18. The van der Waals surface area contributed by atoms with Gasteiger partial charge in [-0.1, -0.05) is 0 Å². The highest BCUT2D eigenvalue weighted by Crippen LogP contribution is 2.23. The van der Waals surface area contributed by atoms with E-state index in [9.17, 15) is 5.11 Å². The molecule has 0 aromatic carbocycles. The molecule has 2 N–H and O–H groups in total. The van der Waals surface area contributed by atoms with Crippen molar-refractivity contribution in [3.8, 4) is 0 Å². The van der Waals surface area contributed by atoms with E-state index >= 15 is 0 Å². The van der Waals surface area contributed by atoms with Gasteiger partial charge in [0.05, 0.1) is 6.10 Å². The maximum Gasteiger partial charge on any atom is 0.0671 e. The first-order valence-electron chi connectivity index (χ1n) is 3.27. The standard InChI is InChI=1S/C6H13NOS/c1-7-4-2-5(8)6(9)3-4/h4-9H,2-3H2,1H3/t4-,5+,6+/m0/s1. The van der Waals surface area contributed by atoms with E-state index in [1.165, 1.54) is 0 Å². The van der Waals surface area contributed by atoms with E-state index < -0.39 is 0 Å². The van der Waals surface area contributed by atoms with Crippen LogP contribution in [-0.2, 0) is 0 Å². The zero-order valence-corrected chi connectivity index (χ0v) is 6.44. The Morgan fingerprint density at radius 2 is 2.22 bits per heavy atom. The van der Waals surface area contributed by atoms with E-state index in [2.05, 4.69) is 17.9 Å². The maximum atomic E-state index is 9.18. The lowest BCUT2D eigenvalue weighted by Gasteiger charge is -2.04. The van der Waals surface area contributed by atoms with Crippen LogP contribution in [0, 0.1) is 0 Å². The van der Waals surface area contributed by atoms with Crippen molar-refractivity contribution in [2.75, 3.05) is 7.05 Å². The number of rotatable bonds is 1. The summed E-state index contributed by atoms with van der Waals surface area (Å²) in [6.07, 6.45) is 1.64. The van der Waals surface area contributed by atoms with Crippen molar-refractivity contribution >= 4 is 12.6 Å². The molecule has 1 aliphatic rings. The number of nitrogens with one attached hydrogen (secondary N) is 1. The number of aliphatic hydroxyl groups excluding tert-OH is 1. The van der Waals surface area contributed by atoms with Crippen LogP contribution in [0.4, 0.5) is 0 Å². The Labute approximate surface area is 61.1 Å². The van der Waals surface area contributed by atoms with Crippen LogP contribution in [0.3, 0.4) is 0 Å². The van der Waals surface area contributed by atoms with Crippen molar-refractivity contribution in [2.24, 2.45) is 0 Å². The summed E-state index contributed by atoms with van der Waals surface area (Å²) in [6, 6.07) is 0.475. The predicted molar refractivity (Wildman–Crippen MR) is 40.9 cm³/mol. The highest BCUT2D eigenvalue weighted by atomic mass is 32.1. The van der Waals surface area contributed by atoms with Gasteiger partial charge in [0.1, 0.15) is 0 Å². The van der Waals surface area contributed by atoms with Gasteiger partial charge in [0.15, 0.2) is 0 Å². The molecule has 3 heteroatoms. The summed E-state index contributed by atoms with van der Waals surface area (Å²) in [5.41, 5.74) is 0. The van der Waals surface area contributed by atoms with Gasteiger partial charge in [-0.2, -0.15) is 12.6 Å². The van der Waals surface area contributed by atoms with E-state index in [1.54, 1.807) is 0 Å². The van der Waals surface area contributed by atoms with Gasteiger partial charge in [-0.15, -0.1) is 0 Å². The van der Waals surface area contributed by atoms with Crippen LogP contribution in [0.5, 0.6) is 0 Å². The fourth-order valence-electron chi connectivity index (χ4n) is 1.23. The molecule has 1 aliphatic carbocycles. The van der Waals surface area contributed by atoms with Crippen LogP contribution in [-0.4, -0.2) is 29.5 Å². The third-order valence-electron chi connectivity index (χ3n) is 1.90. The third kappa shape index (κ3) is 1.60. The minimum Gasteiger partial charge on any atom is -0.392 e. The lowest BCUT2D eigenvalue weighted by Crippen LogP contribution is -2.21. The second-order valence-electron chi connectivity index (χ2n) is 2.59. The van der Waals surface area contributed by atoms with Crippen LogP contribution in [0.2, 0.25) is 0 Å². The van der Waals surface area contributed by atoms with Gasteiger partial charge in [-0.05, 0) is 19.9 Å². The van der Waals surface area contributed by atoms with Gasteiger partial charge >= 0.3 is 0 Å². The number of hydrogen-bond acceptors (Lipinski definition) is 3. The molecule has 0 amide bonds. The molecule has 9 heavy (non-hydrogen) atoms. The molecule has 0 saturated heterocycles. The summed E-state index contributed by atoms with van der Waals surface area (Å²) in [6.45, 7) is 0. The van der Waals surface area contributed by atoms with Crippen molar-refractivity contribution in [1.29, 1.82) is 0 Å². The Bertz CT molecular complexity index is 89.1. The van der Waals surface area contributed by atoms with Crippen LogP contribution in [0.1, 0.15) is 12.8 Å². The van der Waals surface area contributed by atoms with Gasteiger partial charge < -0.3 is 10.4 Å². The molecule has 0 aromatic heterocycles. The van der Waals surface area contributed by atoms with Gasteiger partial charge in [0.25, 0.3) is 0 Å². The minimum atomic E-state index is -0.203. The summed E-state index contributed by atoms with van der Waals surface area (Å²) in [7, 11) is 1.92. The van der Waals surface area contributed by atoms with E-state index in [1.807, 2.05) is 7.05 Å². The molecule has 0 aromatic rings. The molecular weight excluding hydrogens is 134 g/mol. The second kappa shape index (κ2) is 2.90. The normalized spacial score (nSPS) is 43.7. The molecule has 0 heterocycles. The van der Waals surface area contributed by atoms with Crippen molar-refractivity contribution in [2.45, 2.75) is 30.2 Å². The number of thiol groups is 1. The SMILES string of the molecule is CN[C@H]1C[C@@H](O)[C@H](S)C1. The molecule has 54 valence electrons. The summed E-state index contributed by atoms with van der Waals surface area (Å²) in [4.78, 5) is 0.